The zero-order chi connectivity index (χ0) is 13.7. The van der Waals surface area contributed by atoms with Crippen molar-refractivity contribution in [3.63, 3.8) is 0 Å². The molecule has 1 aromatic heterocycles. The first-order valence-corrected chi connectivity index (χ1v) is 7.51. The second-order valence-corrected chi connectivity index (χ2v) is 5.86. The highest BCUT2D eigenvalue weighted by Gasteiger charge is 2.05. The summed E-state index contributed by atoms with van der Waals surface area (Å²) >= 11 is 13.6. The molecular weight excluding hydrogens is 341 g/mol. The SMILES string of the molecule is Cn1nnnc1SCC[NH2+]Cc1ccc(Cl)cc1Cl.[Cl-]. The highest BCUT2D eigenvalue weighted by Crippen LogP contribution is 2.19. The summed E-state index contributed by atoms with van der Waals surface area (Å²) in [6, 6.07) is 5.59. The quantitative estimate of drug-likeness (QED) is 0.500. The second kappa shape index (κ2) is 8.69. The normalized spacial score (nSPS) is 10.3. The average molecular weight is 355 g/mol. The van der Waals surface area contributed by atoms with Gasteiger partial charge in [0.2, 0.25) is 5.16 Å². The molecule has 20 heavy (non-hydrogen) atoms. The molecule has 0 bridgehead atoms. The fourth-order valence-corrected chi connectivity index (χ4v) is 2.79. The van der Waals surface area contributed by atoms with Crippen molar-refractivity contribution < 1.29 is 17.7 Å². The number of tetrazole rings is 1. The maximum atomic E-state index is 6.10. The summed E-state index contributed by atoms with van der Waals surface area (Å²) in [5, 5.41) is 15.7. The van der Waals surface area contributed by atoms with E-state index in [0.717, 1.165) is 29.6 Å². The van der Waals surface area contributed by atoms with Gasteiger partial charge in [-0.3, -0.25) is 0 Å². The van der Waals surface area contributed by atoms with Crippen LogP contribution in [0.3, 0.4) is 0 Å². The Morgan fingerprint density at radius 2 is 2.15 bits per heavy atom. The second-order valence-electron chi connectivity index (χ2n) is 3.95. The Kier molecular flexibility index (Phi) is 7.61. The molecule has 0 fully saturated rings. The summed E-state index contributed by atoms with van der Waals surface area (Å²) in [5.41, 5.74) is 1.09. The van der Waals surface area contributed by atoms with Gasteiger partial charge in [0.15, 0.2) is 0 Å². The molecular formula is C11H14Cl3N5S. The van der Waals surface area contributed by atoms with Crippen molar-refractivity contribution >= 4 is 35.0 Å². The predicted molar refractivity (Wildman–Crippen MR) is 76.5 cm³/mol. The summed E-state index contributed by atoms with van der Waals surface area (Å²) in [4.78, 5) is 0. The molecule has 0 amide bonds. The lowest BCUT2D eigenvalue weighted by molar-refractivity contribution is -0.666. The molecule has 5 nitrogen and oxygen atoms in total. The van der Waals surface area contributed by atoms with Crippen LogP contribution in [0.4, 0.5) is 0 Å². The minimum absolute atomic E-state index is 0. The fraction of sp³-hybridized carbons (Fsp3) is 0.364. The molecule has 1 aromatic carbocycles. The van der Waals surface area contributed by atoms with Gasteiger partial charge in [0.05, 0.1) is 17.3 Å². The van der Waals surface area contributed by atoms with Gasteiger partial charge in [-0.05, 0) is 22.6 Å². The number of aromatic nitrogens is 4. The van der Waals surface area contributed by atoms with E-state index in [4.69, 9.17) is 23.2 Å². The zero-order valence-electron chi connectivity index (χ0n) is 10.8. The third-order valence-electron chi connectivity index (χ3n) is 2.51. The van der Waals surface area contributed by atoms with Gasteiger partial charge >= 0.3 is 0 Å². The van der Waals surface area contributed by atoms with Crippen molar-refractivity contribution in [2.24, 2.45) is 7.05 Å². The number of benzene rings is 1. The van der Waals surface area contributed by atoms with Crippen molar-refractivity contribution in [1.29, 1.82) is 0 Å². The average Bonchev–Trinajstić information content (AvgIpc) is 2.77. The van der Waals surface area contributed by atoms with Crippen LogP contribution in [0.2, 0.25) is 10.0 Å². The predicted octanol–water partition coefficient (Wildman–Crippen LogP) is -1.62. The van der Waals surface area contributed by atoms with E-state index >= 15 is 0 Å². The van der Waals surface area contributed by atoms with Crippen molar-refractivity contribution in [1.82, 2.24) is 20.2 Å². The third-order valence-corrected chi connectivity index (χ3v) is 4.14. The molecule has 0 aliphatic heterocycles. The molecule has 0 spiro atoms. The number of thioether (sulfide) groups is 1. The van der Waals surface area contributed by atoms with E-state index in [2.05, 4.69) is 20.8 Å². The number of quaternary nitrogens is 1. The molecule has 0 aliphatic carbocycles. The lowest BCUT2D eigenvalue weighted by Crippen LogP contribution is -3.00. The maximum absolute atomic E-state index is 6.10. The topological polar surface area (TPSA) is 60.2 Å². The number of rotatable bonds is 6. The van der Waals surface area contributed by atoms with Crippen LogP contribution in [0.25, 0.3) is 0 Å². The summed E-state index contributed by atoms with van der Waals surface area (Å²) in [7, 11) is 1.83. The molecule has 0 saturated carbocycles. The van der Waals surface area contributed by atoms with Gasteiger partial charge < -0.3 is 17.7 Å². The molecule has 9 heteroatoms. The van der Waals surface area contributed by atoms with E-state index in [1.54, 1.807) is 22.5 Å². The monoisotopic (exact) mass is 353 g/mol. The van der Waals surface area contributed by atoms with Gasteiger partial charge in [0.1, 0.15) is 6.54 Å². The van der Waals surface area contributed by atoms with Gasteiger partial charge in [-0.25, -0.2) is 4.68 Å². The lowest BCUT2D eigenvalue weighted by Gasteiger charge is -2.04. The molecule has 0 unspecified atom stereocenters. The number of aryl methyl sites for hydroxylation is 1. The highest BCUT2D eigenvalue weighted by atomic mass is 35.5. The molecule has 2 aromatic rings. The molecule has 0 atom stereocenters. The van der Waals surface area contributed by atoms with Crippen molar-refractivity contribution in [3.05, 3.63) is 33.8 Å². The standard InChI is InChI=1S/C11H13Cl2N5S.ClH/c1-18-11(15-16-17-18)19-5-4-14-7-8-2-3-9(12)6-10(8)13;/h2-3,6,14H,4-5,7H2,1H3;1H. The van der Waals surface area contributed by atoms with Crippen LogP contribution in [-0.4, -0.2) is 32.5 Å². The Bertz CT molecular complexity index is 549. The summed E-state index contributed by atoms with van der Waals surface area (Å²) in [5.74, 6) is 0.944. The smallest absolute Gasteiger partial charge is 0.209 e. The number of nitrogens with two attached hydrogens (primary N) is 1. The maximum Gasteiger partial charge on any atom is 0.209 e. The van der Waals surface area contributed by atoms with Crippen LogP contribution in [-0.2, 0) is 13.6 Å². The zero-order valence-corrected chi connectivity index (χ0v) is 13.8. The molecule has 0 aliphatic rings. The van der Waals surface area contributed by atoms with Crippen molar-refractivity contribution in [2.45, 2.75) is 11.7 Å². The van der Waals surface area contributed by atoms with E-state index < -0.39 is 0 Å². The Morgan fingerprint density at radius 3 is 2.80 bits per heavy atom. The number of nitrogens with zero attached hydrogens (tertiary/aromatic N) is 4. The van der Waals surface area contributed by atoms with Crippen LogP contribution in [0, 0.1) is 0 Å². The highest BCUT2D eigenvalue weighted by molar-refractivity contribution is 7.99. The molecule has 2 rings (SSSR count). The van der Waals surface area contributed by atoms with Crippen molar-refractivity contribution in [2.75, 3.05) is 12.3 Å². The van der Waals surface area contributed by atoms with Gasteiger partial charge in [0, 0.05) is 17.6 Å². The van der Waals surface area contributed by atoms with E-state index in [9.17, 15) is 0 Å². The van der Waals surface area contributed by atoms with Crippen LogP contribution in [0.1, 0.15) is 5.56 Å². The van der Waals surface area contributed by atoms with Crippen molar-refractivity contribution in [3.8, 4) is 0 Å². The van der Waals surface area contributed by atoms with E-state index in [1.165, 1.54) is 0 Å². The first-order valence-electron chi connectivity index (χ1n) is 5.77. The van der Waals surface area contributed by atoms with E-state index in [1.807, 2.05) is 19.2 Å². The summed E-state index contributed by atoms with van der Waals surface area (Å²) < 4.78 is 1.67. The van der Waals surface area contributed by atoms with Crippen LogP contribution in [0.15, 0.2) is 23.4 Å². The van der Waals surface area contributed by atoms with Crippen LogP contribution in [0.5, 0.6) is 0 Å². The minimum atomic E-state index is 0. The van der Waals surface area contributed by atoms with Gasteiger partial charge in [0.25, 0.3) is 0 Å². The Morgan fingerprint density at radius 1 is 1.35 bits per heavy atom. The van der Waals surface area contributed by atoms with Crippen LogP contribution >= 0.6 is 35.0 Å². The Labute approximate surface area is 137 Å². The molecule has 0 saturated heterocycles. The van der Waals surface area contributed by atoms with Gasteiger partial charge in [-0.1, -0.05) is 41.0 Å². The fourth-order valence-electron chi connectivity index (χ4n) is 1.52. The molecule has 0 radical (unpaired) electrons. The molecule has 2 N–H and O–H groups in total. The van der Waals surface area contributed by atoms with Crippen LogP contribution < -0.4 is 17.7 Å². The largest absolute Gasteiger partial charge is 1.00 e. The van der Waals surface area contributed by atoms with Gasteiger partial charge in [-0.2, -0.15) is 0 Å². The first kappa shape index (κ1) is 17.5. The minimum Gasteiger partial charge on any atom is -1.00 e. The van der Waals surface area contributed by atoms with E-state index in [-0.39, 0.29) is 12.4 Å². The van der Waals surface area contributed by atoms with Gasteiger partial charge in [-0.15, -0.1) is 5.10 Å². The Balaban J connectivity index is 0.00000200. The first-order chi connectivity index (χ1) is 9.16. The summed E-state index contributed by atoms with van der Waals surface area (Å²) in [6.45, 7) is 1.81. The summed E-state index contributed by atoms with van der Waals surface area (Å²) in [6.07, 6.45) is 0. The van der Waals surface area contributed by atoms with E-state index in [0.29, 0.717) is 10.0 Å². The number of halogens is 3. The molecule has 1 heterocycles. The Hall–Kier alpha value is -0.530. The molecule has 110 valence electrons. The number of hydrogen-bond donors (Lipinski definition) is 1. The lowest BCUT2D eigenvalue weighted by atomic mass is 10.2. The number of hydrogen-bond acceptors (Lipinski definition) is 4. The third kappa shape index (κ3) is 5.10.